The monoisotopic (exact) mass is 245 g/mol. The Kier molecular flexibility index (Phi) is 3.96. The standard InChI is InChI=1S/C8H24B5N5/c1-9-14(5)11(3)18-12(4)15(6)10(2)17(8)13(18)16(9)7/h1-8H3. The summed E-state index contributed by atoms with van der Waals surface area (Å²) < 4.78 is 12.4. The molecule has 0 bridgehead atoms. The molecule has 2 aliphatic rings. The van der Waals surface area contributed by atoms with Crippen LogP contribution in [0.1, 0.15) is 0 Å². The quantitative estimate of drug-likeness (QED) is 0.533. The second-order valence-electron chi connectivity index (χ2n) is 5.98. The molecule has 0 aliphatic carbocycles. The molecule has 0 atom stereocenters. The van der Waals surface area contributed by atoms with Crippen LogP contribution in [-0.2, 0) is 0 Å². The summed E-state index contributed by atoms with van der Waals surface area (Å²) in [6.07, 6.45) is 0. The maximum Gasteiger partial charge on any atom is 0.361 e. The number of nitrogens with zero attached hydrogens (tertiary/aromatic N) is 5. The molecule has 18 heavy (non-hydrogen) atoms. The first kappa shape index (κ1) is 14.5. The average Bonchev–Trinajstić information content (AvgIpc) is 2.35. The minimum absolute atomic E-state index is 0.382. The maximum atomic E-state index is 2.58. The number of hydrogen-bond acceptors (Lipinski definition) is 5. The van der Waals surface area contributed by atoms with Gasteiger partial charge in [-0.15, -0.1) is 0 Å². The molecule has 0 aromatic rings. The molecule has 0 saturated carbocycles. The molecule has 0 aromatic heterocycles. The van der Waals surface area contributed by atoms with Crippen LogP contribution in [-0.4, -0.2) is 86.8 Å². The zero-order chi connectivity index (χ0) is 13.8. The van der Waals surface area contributed by atoms with E-state index in [0.717, 1.165) is 0 Å². The van der Waals surface area contributed by atoms with Crippen LogP contribution in [0, 0.1) is 0 Å². The summed E-state index contributed by atoms with van der Waals surface area (Å²) in [5.41, 5.74) is 0. The van der Waals surface area contributed by atoms with Crippen LogP contribution in [0.25, 0.3) is 0 Å². The van der Waals surface area contributed by atoms with Gasteiger partial charge < -0.3 is 23.5 Å². The highest BCUT2D eigenvalue weighted by Crippen LogP contribution is 2.25. The summed E-state index contributed by atoms with van der Waals surface area (Å²) in [6.45, 7) is 11.0. The van der Waals surface area contributed by atoms with Crippen molar-refractivity contribution in [3.8, 4) is 0 Å². The fraction of sp³-hybridized carbons (Fsp3) is 1.00. The van der Waals surface area contributed by atoms with Crippen molar-refractivity contribution < 1.29 is 0 Å². The third kappa shape index (κ3) is 1.89. The van der Waals surface area contributed by atoms with Gasteiger partial charge in [0.25, 0.3) is 27.9 Å². The van der Waals surface area contributed by atoms with Crippen LogP contribution in [0.15, 0.2) is 0 Å². The van der Waals surface area contributed by atoms with Gasteiger partial charge in [0.1, 0.15) is 0 Å². The highest BCUT2D eigenvalue weighted by Gasteiger charge is 2.55. The van der Waals surface area contributed by atoms with Crippen LogP contribution < -0.4 is 0 Å². The molecule has 10 heteroatoms. The molecule has 96 valence electrons. The van der Waals surface area contributed by atoms with Crippen molar-refractivity contribution in [2.24, 2.45) is 0 Å². The minimum atomic E-state index is 0.382. The Morgan fingerprint density at radius 2 is 0.833 bits per heavy atom. The van der Waals surface area contributed by atoms with E-state index in [0.29, 0.717) is 35.0 Å². The molecule has 2 saturated heterocycles. The van der Waals surface area contributed by atoms with Gasteiger partial charge >= 0.3 is 7.12 Å². The highest BCUT2D eigenvalue weighted by atomic mass is 15.4. The second-order valence-corrected chi connectivity index (χ2v) is 5.98. The van der Waals surface area contributed by atoms with Crippen molar-refractivity contribution in [3.63, 3.8) is 0 Å². The SMILES string of the molecule is CB1N(C)B(C)N2B(C)N(C)B(C)N(C)B2N1C. The third-order valence-corrected chi connectivity index (χ3v) is 5.39. The van der Waals surface area contributed by atoms with Crippen molar-refractivity contribution in [3.05, 3.63) is 0 Å². The van der Waals surface area contributed by atoms with E-state index in [1.807, 2.05) is 0 Å². The molecule has 0 radical (unpaired) electrons. The van der Waals surface area contributed by atoms with Crippen LogP contribution in [0.3, 0.4) is 0 Å². The Hall–Kier alpha value is 0.125. The van der Waals surface area contributed by atoms with E-state index in [4.69, 9.17) is 0 Å². The summed E-state index contributed by atoms with van der Waals surface area (Å²) in [5, 5.41) is 0. The first-order valence-corrected chi connectivity index (χ1v) is 6.94. The van der Waals surface area contributed by atoms with E-state index in [1.165, 1.54) is 0 Å². The lowest BCUT2D eigenvalue weighted by Gasteiger charge is -2.60. The second kappa shape index (κ2) is 4.91. The zero-order valence-corrected chi connectivity index (χ0v) is 13.1. The van der Waals surface area contributed by atoms with Gasteiger partial charge in [-0.05, 0) is 28.2 Å². The normalized spacial score (nSPS) is 26.3. The summed E-state index contributed by atoms with van der Waals surface area (Å²) in [4.78, 5) is 0. The Balaban J connectivity index is 2.36. The first-order chi connectivity index (χ1) is 8.29. The van der Waals surface area contributed by atoms with E-state index < -0.39 is 0 Å². The van der Waals surface area contributed by atoms with Gasteiger partial charge in [0.2, 0.25) is 0 Å². The largest absolute Gasteiger partial charge is 0.372 e. The molecule has 2 aliphatic heterocycles. The van der Waals surface area contributed by atoms with E-state index in [2.05, 4.69) is 79.0 Å². The maximum absolute atomic E-state index is 2.58. The molecular weight excluding hydrogens is 220 g/mol. The average molecular weight is 244 g/mol. The molecule has 2 rings (SSSR count). The van der Waals surface area contributed by atoms with E-state index >= 15 is 0 Å². The van der Waals surface area contributed by atoms with E-state index in [-0.39, 0.29) is 0 Å². The van der Waals surface area contributed by atoms with Crippen LogP contribution >= 0.6 is 0 Å². The summed E-state index contributed by atoms with van der Waals surface area (Å²) in [7, 11) is 9.27. The van der Waals surface area contributed by atoms with Gasteiger partial charge in [0.05, 0.1) is 0 Å². The van der Waals surface area contributed by atoms with Crippen molar-refractivity contribution in [2.45, 2.75) is 27.3 Å². The third-order valence-electron chi connectivity index (χ3n) is 5.39. The minimum Gasteiger partial charge on any atom is -0.372 e. The lowest BCUT2D eigenvalue weighted by atomic mass is 9.36. The fourth-order valence-electron chi connectivity index (χ4n) is 3.41. The smallest absolute Gasteiger partial charge is 0.361 e. The fourth-order valence-corrected chi connectivity index (χ4v) is 3.41. The van der Waals surface area contributed by atoms with Crippen molar-refractivity contribution in [1.82, 2.24) is 23.5 Å². The van der Waals surface area contributed by atoms with Gasteiger partial charge in [0, 0.05) is 0 Å². The van der Waals surface area contributed by atoms with Crippen LogP contribution in [0.2, 0.25) is 27.3 Å². The van der Waals surface area contributed by atoms with Crippen LogP contribution in [0.5, 0.6) is 0 Å². The van der Waals surface area contributed by atoms with E-state index in [9.17, 15) is 0 Å². The first-order valence-electron chi connectivity index (χ1n) is 6.94. The Morgan fingerprint density at radius 3 is 1.17 bits per heavy atom. The van der Waals surface area contributed by atoms with Gasteiger partial charge in [-0.3, -0.25) is 0 Å². The zero-order valence-electron chi connectivity index (χ0n) is 13.1. The molecule has 2 heterocycles. The highest BCUT2D eigenvalue weighted by molar-refractivity contribution is 6.98. The molecule has 0 aromatic carbocycles. The van der Waals surface area contributed by atoms with Gasteiger partial charge in [-0.1, -0.05) is 27.3 Å². The Labute approximate surface area is 114 Å². The topological polar surface area (TPSA) is 16.2 Å². The molecule has 0 N–H and O–H groups in total. The van der Waals surface area contributed by atoms with Crippen molar-refractivity contribution in [1.29, 1.82) is 0 Å². The van der Waals surface area contributed by atoms with Gasteiger partial charge in [0.15, 0.2) is 0 Å². The molecule has 0 amide bonds. The Morgan fingerprint density at radius 1 is 0.500 bits per heavy atom. The number of rotatable bonds is 0. The summed E-state index contributed by atoms with van der Waals surface area (Å²) in [5.74, 6) is 0. The molecule has 0 spiro atoms. The van der Waals surface area contributed by atoms with Crippen molar-refractivity contribution in [2.75, 3.05) is 28.2 Å². The van der Waals surface area contributed by atoms with Gasteiger partial charge in [-0.2, -0.15) is 0 Å². The van der Waals surface area contributed by atoms with Gasteiger partial charge in [-0.25, -0.2) is 0 Å². The number of hydrogen-bond donors (Lipinski definition) is 0. The Bertz CT molecular complexity index is 264. The summed E-state index contributed by atoms with van der Waals surface area (Å²) in [6, 6.07) is 0. The predicted octanol–water partition coefficient (Wildman–Crippen LogP) is -0.500. The van der Waals surface area contributed by atoms with Crippen molar-refractivity contribution >= 4 is 35.0 Å². The number of fused-ring (bicyclic) bond motifs is 1. The molecule has 0 unspecified atom stereocenters. The van der Waals surface area contributed by atoms with Crippen LogP contribution in [0.4, 0.5) is 0 Å². The molecule has 5 nitrogen and oxygen atoms in total. The molecular formula is C8H24B5N5. The summed E-state index contributed by atoms with van der Waals surface area (Å²) >= 11 is 0. The predicted molar refractivity (Wildman–Crippen MR) is 85.1 cm³/mol. The van der Waals surface area contributed by atoms with E-state index in [1.54, 1.807) is 0 Å². The molecule has 2 fully saturated rings. The lowest BCUT2D eigenvalue weighted by molar-refractivity contribution is 0.477. The lowest BCUT2D eigenvalue weighted by Crippen LogP contribution is -2.87.